The van der Waals surface area contributed by atoms with Gasteiger partial charge in [0.2, 0.25) is 0 Å². The van der Waals surface area contributed by atoms with Gasteiger partial charge in [0.15, 0.2) is 0 Å². The van der Waals surface area contributed by atoms with Crippen molar-refractivity contribution in [2.75, 3.05) is 0 Å². The normalized spacial score (nSPS) is 29.6. The maximum atomic E-state index is 11.3. The quantitative estimate of drug-likeness (QED) is 0.573. The second-order valence-electron chi connectivity index (χ2n) is 3.30. The van der Waals surface area contributed by atoms with Gasteiger partial charge in [0.05, 0.1) is 0 Å². The fraction of sp³-hybridized carbons (Fsp3) is 0.900. The van der Waals surface area contributed by atoms with E-state index >= 15 is 0 Å². The number of carbonyl (C=O) groups excluding carboxylic acids is 1. The molecule has 0 spiro atoms. The molecule has 0 bridgehead atoms. The smallest absolute Gasteiger partial charge is 0.135 e. The minimum atomic E-state index is -1.79. The van der Waals surface area contributed by atoms with E-state index in [0.29, 0.717) is 5.78 Å². The van der Waals surface area contributed by atoms with Crippen molar-refractivity contribution in [3.05, 3.63) is 0 Å². The molecule has 0 aromatic rings. The summed E-state index contributed by atoms with van der Waals surface area (Å²) in [5.41, 5.74) is 0. The van der Waals surface area contributed by atoms with Crippen molar-refractivity contribution in [1.29, 1.82) is 0 Å². The molecule has 0 aliphatic heterocycles. The first kappa shape index (κ1) is 5.34. The number of hydrogen-bond donors (Lipinski definition) is 0. The predicted octanol–water partition coefficient (Wildman–Crippen LogP) is 2.94. The molecular weight excluding hydrogens is 136 g/mol. The lowest BCUT2D eigenvalue weighted by molar-refractivity contribution is -0.120. The predicted molar refractivity (Wildman–Crippen MR) is 46.5 cm³/mol. The maximum Gasteiger partial charge on any atom is 0.135 e. The fourth-order valence-electron chi connectivity index (χ4n) is 1.71. The minimum Gasteiger partial charge on any atom is -0.299 e. The van der Waals surface area contributed by atoms with Gasteiger partial charge in [-0.2, -0.15) is 0 Å². The zero-order valence-corrected chi connectivity index (χ0v) is 6.94. The first-order valence-electron chi connectivity index (χ1n) is 6.02. The van der Waals surface area contributed by atoms with Crippen molar-refractivity contribution < 1.29 is 8.91 Å². The topological polar surface area (TPSA) is 17.1 Å². The van der Waals surface area contributed by atoms with Crippen molar-refractivity contribution in [2.24, 2.45) is 5.92 Å². The van der Waals surface area contributed by atoms with Crippen LogP contribution in [0.15, 0.2) is 0 Å². The highest BCUT2D eigenvalue weighted by Gasteiger charge is 2.22. The van der Waals surface area contributed by atoms with Crippen LogP contribution in [-0.2, 0) is 4.79 Å². The lowest BCUT2D eigenvalue weighted by atomic mass is 9.99. The molecule has 1 fully saturated rings. The molecule has 0 aromatic carbocycles. The van der Waals surface area contributed by atoms with Gasteiger partial charge in [-0.1, -0.05) is 26.1 Å². The summed E-state index contributed by atoms with van der Waals surface area (Å²) in [6.07, 6.45) is 5.58. The van der Waals surface area contributed by atoms with Crippen LogP contribution in [0.1, 0.15) is 55.9 Å². The van der Waals surface area contributed by atoms with Crippen LogP contribution < -0.4 is 0 Å². The molecule has 1 nitrogen and oxygen atoms in total. The fourth-order valence-corrected chi connectivity index (χ4v) is 1.71. The van der Waals surface area contributed by atoms with Crippen LogP contribution in [0.4, 0.5) is 0 Å². The number of hydrogen-bond acceptors (Lipinski definition) is 1. The second-order valence-corrected chi connectivity index (χ2v) is 3.30. The molecule has 11 heavy (non-hydrogen) atoms. The van der Waals surface area contributed by atoms with Crippen molar-refractivity contribution in [2.45, 2.75) is 51.8 Å². The van der Waals surface area contributed by atoms with Gasteiger partial charge in [0.25, 0.3) is 0 Å². The molecule has 1 heteroatoms. The SMILES string of the molecule is [2H]C([2H])([2H])CCCC[C@H]1CCCC1=O. The average molecular weight is 157 g/mol. The summed E-state index contributed by atoms with van der Waals surface area (Å²) in [6, 6.07) is 0. The molecule has 64 valence electrons. The molecular formula is C10H18O. The van der Waals surface area contributed by atoms with Gasteiger partial charge in [-0.25, -0.2) is 0 Å². The number of ketones is 1. The zero-order chi connectivity index (χ0) is 10.6. The van der Waals surface area contributed by atoms with E-state index in [1.54, 1.807) is 0 Å². The largest absolute Gasteiger partial charge is 0.299 e. The molecule has 1 aliphatic rings. The summed E-state index contributed by atoms with van der Waals surface area (Å²) in [5, 5.41) is 0. The Morgan fingerprint density at radius 2 is 2.55 bits per heavy atom. The molecule has 0 saturated heterocycles. The summed E-state index contributed by atoms with van der Waals surface area (Å²) >= 11 is 0. The van der Waals surface area contributed by atoms with Crippen LogP contribution in [0.25, 0.3) is 0 Å². The Bertz CT molecular complexity index is 198. The highest BCUT2D eigenvalue weighted by Crippen LogP contribution is 2.25. The van der Waals surface area contributed by atoms with Gasteiger partial charge in [-0.05, 0) is 19.3 Å². The Hall–Kier alpha value is -0.330. The number of carbonyl (C=O) groups is 1. The number of rotatable bonds is 4. The van der Waals surface area contributed by atoms with Crippen LogP contribution in [0, 0.1) is 5.92 Å². The summed E-state index contributed by atoms with van der Waals surface area (Å²) in [4.78, 5) is 11.3. The van der Waals surface area contributed by atoms with Gasteiger partial charge >= 0.3 is 0 Å². The van der Waals surface area contributed by atoms with Gasteiger partial charge in [0.1, 0.15) is 5.78 Å². The van der Waals surface area contributed by atoms with E-state index in [4.69, 9.17) is 4.11 Å². The molecule has 1 rings (SSSR count). The Balaban J connectivity index is 2.07. The van der Waals surface area contributed by atoms with E-state index in [1.807, 2.05) is 0 Å². The lowest BCUT2D eigenvalue weighted by Gasteiger charge is -2.05. The Morgan fingerprint density at radius 3 is 3.18 bits per heavy atom. The first-order valence-corrected chi connectivity index (χ1v) is 4.52. The van der Waals surface area contributed by atoms with Crippen molar-refractivity contribution in [3.8, 4) is 0 Å². The minimum absolute atomic E-state index is 0.242. The summed E-state index contributed by atoms with van der Waals surface area (Å²) in [6.45, 7) is -1.79. The van der Waals surface area contributed by atoms with Crippen molar-refractivity contribution >= 4 is 5.78 Å². The number of Topliss-reactive ketones (excluding diaryl/α,β-unsaturated/α-hetero) is 1. The Labute approximate surface area is 73.4 Å². The van der Waals surface area contributed by atoms with Crippen molar-refractivity contribution in [3.63, 3.8) is 0 Å². The monoisotopic (exact) mass is 157 g/mol. The van der Waals surface area contributed by atoms with E-state index in [9.17, 15) is 4.79 Å². The molecule has 0 aromatic heterocycles. The van der Waals surface area contributed by atoms with E-state index in [2.05, 4.69) is 0 Å². The Kier molecular flexibility index (Phi) is 2.20. The molecule has 1 atom stereocenters. The number of unbranched alkanes of at least 4 members (excludes halogenated alkanes) is 1. The molecule has 0 radical (unpaired) electrons. The van der Waals surface area contributed by atoms with Crippen LogP contribution in [0.5, 0.6) is 0 Å². The van der Waals surface area contributed by atoms with Gasteiger partial charge in [-0.15, -0.1) is 0 Å². The van der Waals surface area contributed by atoms with Crippen molar-refractivity contribution in [1.82, 2.24) is 0 Å². The first-order chi connectivity index (χ1) is 6.49. The van der Waals surface area contributed by atoms with Crippen LogP contribution in [-0.4, -0.2) is 5.78 Å². The molecule has 0 unspecified atom stereocenters. The van der Waals surface area contributed by atoms with Gasteiger partial charge < -0.3 is 0 Å². The standard InChI is InChI=1S/C10H18O/c1-2-3-4-6-9-7-5-8-10(9)11/h9H,2-8H2,1H3/t9-/m0/s1/i1D3. The Morgan fingerprint density at radius 1 is 1.64 bits per heavy atom. The maximum absolute atomic E-state index is 11.3. The molecule has 0 amide bonds. The van der Waals surface area contributed by atoms with E-state index < -0.39 is 6.85 Å². The van der Waals surface area contributed by atoms with Crippen LogP contribution in [0.2, 0.25) is 0 Å². The molecule has 1 saturated carbocycles. The van der Waals surface area contributed by atoms with Gasteiger partial charge in [0, 0.05) is 16.5 Å². The van der Waals surface area contributed by atoms with E-state index in [-0.39, 0.29) is 12.3 Å². The van der Waals surface area contributed by atoms with Gasteiger partial charge in [-0.3, -0.25) is 4.79 Å². The van der Waals surface area contributed by atoms with E-state index in [0.717, 1.165) is 38.5 Å². The summed E-state index contributed by atoms with van der Waals surface area (Å²) in [5.74, 6) is 0.630. The highest BCUT2D eigenvalue weighted by atomic mass is 16.1. The molecule has 1 aliphatic carbocycles. The zero-order valence-electron chi connectivity index (χ0n) is 9.94. The third-order valence-electron chi connectivity index (χ3n) is 2.41. The summed E-state index contributed by atoms with van der Waals surface area (Å²) < 4.78 is 21.1. The van der Waals surface area contributed by atoms with Crippen LogP contribution >= 0.6 is 0 Å². The lowest BCUT2D eigenvalue weighted by Crippen LogP contribution is -2.05. The van der Waals surface area contributed by atoms with E-state index in [1.165, 1.54) is 0 Å². The second kappa shape index (κ2) is 4.53. The third kappa shape index (κ3) is 2.64. The summed E-state index contributed by atoms with van der Waals surface area (Å²) in [7, 11) is 0. The highest BCUT2D eigenvalue weighted by molar-refractivity contribution is 5.82. The molecule has 0 N–H and O–H groups in total. The third-order valence-corrected chi connectivity index (χ3v) is 2.41. The average Bonchev–Trinajstić information content (AvgIpc) is 2.44. The van der Waals surface area contributed by atoms with Crippen LogP contribution in [0.3, 0.4) is 0 Å². The molecule has 0 heterocycles.